The Bertz CT molecular complexity index is 1080. The maximum Gasteiger partial charge on any atom is 0.175 e. The third-order valence-corrected chi connectivity index (χ3v) is 7.36. The Morgan fingerprint density at radius 1 is 0.931 bits per heavy atom. The molecule has 1 N–H and O–H groups in total. The molecule has 0 spiro atoms. The minimum absolute atomic E-state index is 0.289. The summed E-state index contributed by atoms with van der Waals surface area (Å²) < 4.78 is 23.4. The third-order valence-electron chi connectivity index (χ3n) is 6.23. The van der Waals surface area contributed by atoms with Crippen LogP contribution in [0.1, 0.15) is 55.7 Å². The van der Waals surface area contributed by atoms with Gasteiger partial charge in [-0.05, 0) is 66.1 Å². The highest BCUT2D eigenvalue weighted by Gasteiger charge is 2.25. The first-order valence-electron chi connectivity index (χ1n) is 10.5. The Morgan fingerprint density at radius 3 is 2.41 bits per heavy atom. The molecule has 29 heavy (non-hydrogen) atoms. The van der Waals surface area contributed by atoms with Crippen molar-refractivity contribution in [2.45, 2.75) is 55.5 Å². The highest BCUT2D eigenvalue weighted by molar-refractivity contribution is 7.90. The quantitative estimate of drug-likeness (QED) is 0.597. The molecular formula is C25H29NO2S. The zero-order valence-corrected chi connectivity index (χ0v) is 18.0. The molecule has 0 saturated heterocycles. The highest BCUT2D eigenvalue weighted by atomic mass is 32.2. The topological polar surface area (TPSA) is 46.2 Å². The summed E-state index contributed by atoms with van der Waals surface area (Å²) >= 11 is 0. The van der Waals surface area contributed by atoms with Crippen LogP contribution >= 0.6 is 0 Å². The molecule has 0 heterocycles. The predicted molar refractivity (Wildman–Crippen MR) is 120 cm³/mol. The van der Waals surface area contributed by atoms with E-state index in [1.54, 1.807) is 12.1 Å². The standard InChI is InChI=1S/C25H29NO2S/c1-18(24-12-6-8-20-7-3-4-11-25(20)24)26-22-10-5-9-21(17-22)19-13-15-23(16-14-19)29(2,27)28/h3-4,6-8,11-16,18,21-22,26H,5,9-10,17H2,1-2H3. The van der Waals surface area contributed by atoms with Crippen LogP contribution in [0.25, 0.3) is 10.8 Å². The minimum atomic E-state index is -3.14. The smallest absolute Gasteiger partial charge is 0.175 e. The molecule has 3 unspecified atom stereocenters. The van der Waals surface area contributed by atoms with Crippen molar-refractivity contribution in [3.05, 3.63) is 77.9 Å². The number of hydrogen-bond donors (Lipinski definition) is 1. The van der Waals surface area contributed by atoms with Gasteiger partial charge in [-0.3, -0.25) is 0 Å². The van der Waals surface area contributed by atoms with Gasteiger partial charge in [-0.25, -0.2) is 8.42 Å². The van der Waals surface area contributed by atoms with E-state index in [9.17, 15) is 8.42 Å². The van der Waals surface area contributed by atoms with Gasteiger partial charge in [0.15, 0.2) is 9.84 Å². The molecule has 4 rings (SSSR count). The van der Waals surface area contributed by atoms with Crippen molar-refractivity contribution in [1.29, 1.82) is 0 Å². The first kappa shape index (κ1) is 20.1. The average Bonchev–Trinajstić information content (AvgIpc) is 2.73. The van der Waals surface area contributed by atoms with E-state index >= 15 is 0 Å². The lowest BCUT2D eigenvalue weighted by atomic mass is 9.81. The number of nitrogens with one attached hydrogen (secondary N) is 1. The van der Waals surface area contributed by atoms with E-state index in [2.05, 4.69) is 54.7 Å². The van der Waals surface area contributed by atoms with Crippen molar-refractivity contribution in [3.8, 4) is 0 Å². The lowest BCUT2D eigenvalue weighted by molar-refractivity contribution is 0.319. The third kappa shape index (κ3) is 4.54. The summed E-state index contributed by atoms with van der Waals surface area (Å²) in [7, 11) is -3.14. The molecular weight excluding hydrogens is 378 g/mol. The normalized spacial score (nSPS) is 21.2. The first-order valence-corrected chi connectivity index (χ1v) is 12.3. The van der Waals surface area contributed by atoms with Gasteiger partial charge in [0, 0.05) is 18.3 Å². The van der Waals surface area contributed by atoms with Gasteiger partial charge in [-0.1, -0.05) is 61.0 Å². The van der Waals surface area contributed by atoms with Gasteiger partial charge in [-0.15, -0.1) is 0 Å². The molecule has 1 aliphatic rings. The molecule has 152 valence electrons. The van der Waals surface area contributed by atoms with Gasteiger partial charge in [0.2, 0.25) is 0 Å². The number of fused-ring (bicyclic) bond motifs is 1. The van der Waals surface area contributed by atoms with Crippen LogP contribution in [0.15, 0.2) is 71.6 Å². The maximum absolute atomic E-state index is 11.7. The lowest BCUT2D eigenvalue weighted by Gasteiger charge is -2.32. The summed E-state index contributed by atoms with van der Waals surface area (Å²) in [5, 5.41) is 6.47. The van der Waals surface area contributed by atoms with Gasteiger partial charge in [-0.2, -0.15) is 0 Å². The zero-order chi connectivity index (χ0) is 20.4. The Labute approximate surface area is 174 Å². The Hall–Kier alpha value is -2.17. The molecule has 0 aromatic heterocycles. The van der Waals surface area contributed by atoms with Gasteiger partial charge >= 0.3 is 0 Å². The number of benzene rings is 3. The maximum atomic E-state index is 11.7. The van der Waals surface area contributed by atoms with Crippen molar-refractivity contribution in [2.75, 3.05) is 6.26 Å². The number of hydrogen-bond acceptors (Lipinski definition) is 3. The Morgan fingerprint density at radius 2 is 1.66 bits per heavy atom. The Kier molecular flexibility index (Phi) is 5.75. The van der Waals surface area contributed by atoms with E-state index < -0.39 is 9.84 Å². The zero-order valence-electron chi connectivity index (χ0n) is 17.1. The molecule has 0 aliphatic heterocycles. The molecule has 1 aliphatic carbocycles. The van der Waals surface area contributed by atoms with Crippen molar-refractivity contribution in [1.82, 2.24) is 5.32 Å². The molecule has 1 saturated carbocycles. The van der Waals surface area contributed by atoms with Crippen LogP contribution in [0.3, 0.4) is 0 Å². The van der Waals surface area contributed by atoms with Crippen LogP contribution in [-0.4, -0.2) is 20.7 Å². The molecule has 4 heteroatoms. The molecule has 0 radical (unpaired) electrons. The van der Waals surface area contributed by atoms with E-state index in [0.29, 0.717) is 16.9 Å². The molecule has 3 atom stereocenters. The summed E-state index contributed by atoms with van der Waals surface area (Å²) in [6, 6.07) is 23.4. The SMILES string of the molecule is CC(NC1CCCC(c2ccc(S(C)(=O)=O)cc2)C1)c1cccc2ccccc12. The molecule has 0 bridgehead atoms. The van der Waals surface area contributed by atoms with Crippen LogP contribution < -0.4 is 5.32 Å². The second-order valence-electron chi connectivity index (χ2n) is 8.36. The van der Waals surface area contributed by atoms with Crippen LogP contribution in [0.5, 0.6) is 0 Å². The summed E-state index contributed by atoms with van der Waals surface area (Å²) in [4.78, 5) is 0.399. The second-order valence-corrected chi connectivity index (χ2v) is 10.4. The van der Waals surface area contributed by atoms with Gasteiger partial charge < -0.3 is 5.32 Å². The highest BCUT2D eigenvalue weighted by Crippen LogP contribution is 2.35. The summed E-state index contributed by atoms with van der Waals surface area (Å²) in [6.07, 6.45) is 5.90. The minimum Gasteiger partial charge on any atom is -0.307 e. The predicted octanol–water partition coefficient (Wildman–Crippen LogP) is 5.62. The second kappa shape index (κ2) is 8.29. The Balaban J connectivity index is 1.47. The van der Waals surface area contributed by atoms with Crippen molar-refractivity contribution in [3.63, 3.8) is 0 Å². The fourth-order valence-corrected chi connectivity index (χ4v) is 5.33. The van der Waals surface area contributed by atoms with E-state index in [1.807, 2.05) is 12.1 Å². The fraction of sp³-hybridized carbons (Fsp3) is 0.360. The van der Waals surface area contributed by atoms with E-state index in [0.717, 1.165) is 6.42 Å². The largest absolute Gasteiger partial charge is 0.307 e. The first-order chi connectivity index (χ1) is 13.9. The van der Waals surface area contributed by atoms with Gasteiger partial charge in [0.1, 0.15) is 0 Å². The number of rotatable bonds is 5. The van der Waals surface area contributed by atoms with E-state index in [1.165, 1.54) is 47.4 Å². The lowest BCUT2D eigenvalue weighted by Crippen LogP contribution is -2.35. The van der Waals surface area contributed by atoms with Crippen LogP contribution in [0, 0.1) is 0 Å². The van der Waals surface area contributed by atoms with E-state index in [-0.39, 0.29) is 6.04 Å². The van der Waals surface area contributed by atoms with Gasteiger partial charge in [0.25, 0.3) is 0 Å². The van der Waals surface area contributed by atoms with Crippen molar-refractivity contribution in [2.24, 2.45) is 0 Å². The van der Waals surface area contributed by atoms with Gasteiger partial charge in [0.05, 0.1) is 4.90 Å². The molecule has 1 fully saturated rings. The van der Waals surface area contributed by atoms with Crippen molar-refractivity contribution >= 4 is 20.6 Å². The molecule has 3 aromatic carbocycles. The molecule has 3 aromatic rings. The average molecular weight is 408 g/mol. The summed E-state index contributed by atoms with van der Waals surface area (Å²) in [6.45, 7) is 2.26. The van der Waals surface area contributed by atoms with Crippen LogP contribution in [0.2, 0.25) is 0 Å². The monoisotopic (exact) mass is 407 g/mol. The van der Waals surface area contributed by atoms with Crippen LogP contribution in [-0.2, 0) is 9.84 Å². The van der Waals surface area contributed by atoms with Crippen molar-refractivity contribution < 1.29 is 8.42 Å². The summed E-state index contributed by atoms with van der Waals surface area (Å²) in [5.74, 6) is 0.481. The molecule has 0 amide bonds. The van der Waals surface area contributed by atoms with Crippen LogP contribution in [0.4, 0.5) is 0 Å². The molecule has 3 nitrogen and oxygen atoms in total. The fourth-order valence-electron chi connectivity index (χ4n) is 4.70. The van der Waals surface area contributed by atoms with E-state index in [4.69, 9.17) is 0 Å². The summed E-state index contributed by atoms with van der Waals surface area (Å²) in [5.41, 5.74) is 2.60. The number of sulfone groups is 1.